The summed E-state index contributed by atoms with van der Waals surface area (Å²) in [7, 11) is 0. The van der Waals surface area contributed by atoms with Crippen molar-refractivity contribution in [2.45, 2.75) is 27.2 Å². The van der Waals surface area contributed by atoms with E-state index in [-0.39, 0.29) is 0 Å². The quantitative estimate of drug-likeness (QED) is 0.587. The van der Waals surface area contributed by atoms with Gasteiger partial charge in [0.05, 0.1) is 0 Å². The smallest absolute Gasteiger partial charge is 0.0190 e. The molecule has 0 rings (SSSR count). The Hall–Kier alpha value is -0.720. The fourth-order valence-corrected chi connectivity index (χ4v) is 0.689. The van der Waals surface area contributed by atoms with E-state index in [1.54, 1.807) is 0 Å². The summed E-state index contributed by atoms with van der Waals surface area (Å²) in [6, 6.07) is 0. The predicted molar refractivity (Wildman–Crippen MR) is 51.2 cm³/mol. The number of hydrogen-bond acceptors (Lipinski definition) is 1. The van der Waals surface area contributed by atoms with Gasteiger partial charge in [-0.1, -0.05) is 32.9 Å². The Kier molecular flexibility index (Phi) is 5.63. The minimum atomic E-state index is 0.670. The molecule has 0 saturated carbocycles. The van der Waals surface area contributed by atoms with E-state index >= 15 is 0 Å². The van der Waals surface area contributed by atoms with E-state index in [1.807, 2.05) is 6.20 Å². The molecule has 0 aromatic heterocycles. The van der Waals surface area contributed by atoms with E-state index in [1.165, 1.54) is 6.42 Å². The Morgan fingerprint density at radius 2 is 2.09 bits per heavy atom. The van der Waals surface area contributed by atoms with E-state index in [2.05, 4.69) is 44.5 Å². The summed E-state index contributed by atoms with van der Waals surface area (Å²) in [4.78, 5) is 2.08. The molecule has 0 N–H and O–H groups in total. The van der Waals surface area contributed by atoms with Gasteiger partial charge in [-0.15, -0.1) is 0 Å². The van der Waals surface area contributed by atoms with Crippen molar-refractivity contribution in [2.75, 3.05) is 6.54 Å². The Morgan fingerprint density at radius 3 is 2.45 bits per heavy atom. The van der Waals surface area contributed by atoms with Gasteiger partial charge in [-0.25, -0.2) is 0 Å². The van der Waals surface area contributed by atoms with Crippen molar-refractivity contribution < 1.29 is 0 Å². The average Bonchev–Trinajstić information content (AvgIpc) is 2.06. The number of rotatable bonds is 5. The van der Waals surface area contributed by atoms with Gasteiger partial charge in [0, 0.05) is 6.54 Å². The first-order valence-electron chi connectivity index (χ1n) is 4.31. The molecule has 1 heteroatoms. The van der Waals surface area contributed by atoms with Crippen LogP contribution in [0.1, 0.15) is 27.2 Å². The maximum Gasteiger partial charge on any atom is 0.0190 e. The second-order valence-electron chi connectivity index (χ2n) is 2.74. The van der Waals surface area contributed by atoms with Crippen LogP contribution in [0.4, 0.5) is 0 Å². The van der Waals surface area contributed by atoms with Crippen molar-refractivity contribution in [3.05, 3.63) is 25.1 Å². The summed E-state index contributed by atoms with van der Waals surface area (Å²) >= 11 is 0. The molecule has 0 aliphatic rings. The van der Waals surface area contributed by atoms with Crippen molar-refractivity contribution in [3.63, 3.8) is 0 Å². The molecule has 1 unspecified atom stereocenters. The van der Waals surface area contributed by atoms with E-state index < -0.39 is 0 Å². The zero-order valence-corrected chi connectivity index (χ0v) is 7.88. The SMILES string of the molecule is C=CN(/C=C\C(C)CC)CC. The summed E-state index contributed by atoms with van der Waals surface area (Å²) in [6.07, 6.45) is 7.36. The van der Waals surface area contributed by atoms with Crippen LogP contribution < -0.4 is 0 Å². The molecule has 0 spiro atoms. The monoisotopic (exact) mass is 153 g/mol. The molecule has 0 aliphatic heterocycles. The molecule has 0 radical (unpaired) electrons. The molecule has 11 heavy (non-hydrogen) atoms. The molecule has 1 nitrogen and oxygen atoms in total. The molecule has 0 aromatic carbocycles. The molecular weight excluding hydrogens is 134 g/mol. The first-order chi connectivity index (χ1) is 5.24. The van der Waals surface area contributed by atoms with E-state index in [0.717, 1.165) is 6.54 Å². The molecule has 0 amide bonds. The van der Waals surface area contributed by atoms with Crippen LogP contribution in [-0.2, 0) is 0 Å². The first-order valence-corrected chi connectivity index (χ1v) is 4.31. The highest BCUT2D eigenvalue weighted by Gasteiger charge is 1.91. The van der Waals surface area contributed by atoms with Crippen molar-refractivity contribution in [2.24, 2.45) is 5.92 Å². The molecule has 0 aromatic rings. The maximum absolute atomic E-state index is 3.71. The number of allylic oxidation sites excluding steroid dienone is 1. The number of nitrogens with zero attached hydrogens (tertiary/aromatic N) is 1. The lowest BCUT2D eigenvalue weighted by Crippen LogP contribution is -2.07. The Balaban J connectivity index is 3.77. The predicted octanol–water partition coefficient (Wildman–Crippen LogP) is 3.01. The van der Waals surface area contributed by atoms with Gasteiger partial charge in [0.2, 0.25) is 0 Å². The van der Waals surface area contributed by atoms with Crippen LogP contribution in [0.5, 0.6) is 0 Å². The maximum atomic E-state index is 3.71. The summed E-state index contributed by atoms with van der Waals surface area (Å²) < 4.78 is 0. The van der Waals surface area contributed by atoms with Gasteiger partial charge in [-0.3, -0.25) is 0 Å². The molecule has 0 bridgehead atoms. The van der Waals surface area contributed by atoms with Gasteiger partial charge in [-0.2, -0.15) is 0 Å². The lowest BCUT2D eigenvalue weighted by molar-refractivity contribution is 0.529. The normalized spacial score (nSPS) is 13.4. The van der Waals surface area contributed by atoms with Crippen LogP contribution >= 0.6 is 0 Å². The fraction of sp³-hybridized carbons (Fsp3) is 0.600. The lowest BCUT2D eigenvalue weighted by Gasteiger charge is -2.11. The highest BCUT2D eigenvalue weighted by atomic mass is 15.1. The minimum absolute atomic E-state index is 0.670. The third kappa shape index (κ3) is 4.65. The van der Waals surface area contributed by atoms with E-state index in [4.69, 9.17) is 0 Å². The Labute approximate surface area is 70.4 Å². The highest BCUT2D eigenvalue weighted by Crippen LogP contribution is 2.02. The van der Waals surface area contributed by atoms with Gasteiger partial charge in [0.25, 0.3) is 0 Å². The molecule has 0 heterocycles. The third-order valence-electron chi connectivity index (χ3n) is 1.85. The van der Waals surface area contributed by atoms with Crippen molar-refractivity contribution >= 4 is 0 Å². The summed E-state index contributed by atoms with van der Waals surface area (Å²) in [6.45, 7) is 11.2. The Morgan fingerprint density at radius 1 is 1.45 bits per heavy atom. The molecule has 0 saturated heterocycles. The van der Waals surface area contributed by atoms with Crippen molar-refractivity contribution in [3.8, 4) is 0 Å². The second kappa shape index (κ2) is 6.02. The van der Waals surface area contributed by atoms with E-state index in [0.29, 0.717) is 5.92 Å². The summed E-state index contributed by atoms with van der Waals surface area (Å²) in [5, 5.41) is 0. The molecule has 64 valence electrons. The Bertz CT molecular complexity index is 127. The molecular formula is C10H19N. The van der Waals surface area contributed by atoms with E-state index in [9.17, 15) is 0 Å². The molecule has 0 aliphatic carbocycles. The largest absolute Gasteiger partial charge is 0.355 e. The van der Waals surface area contributed by atoms with Gasteiger partial charge < -0.3 is 4.90 Å². The topological polar surface area (TPSA) is 3.24 Å². The van der Waals surface area contributed by atoms with Gasteiger partial charge in [0.1, 0.15) is 0 Å². The number of hydrogen-bond donors (Lipinski definition) is 0. The lowest BCUT2D eigenvalue weighted by atomic mass is 10.1. The van der Waals surface area contributed by atoms with Crippen molar-refractivity contribution in [1.29, 1.82) is 0 Å². The van der Waals surface area contributed by atoms with Crippen LogP contribution in [0.2, 0.25) is 0 Å². The molecule has 1 atom stereocenters. The van der Waals surface area contributed by atoms with Gasteiger partial charge in [-0.05, 0) is 25.2 Å². The molecule has 0 fully saturated rings. The third-order valence-corrected chi connectivity index (χ3v) is 1.85. The van der Waals surface area contributed by atoms with Crippen LogP contribution in [0.15, 0.2) is 25.1 Å². The first kappa shape index (κ1) is 10.3. The zero-order valence-electron chi connectivity index (χ0n) is 7.88. The minimum Gasteiger partial charge on any atom is -0.355 e. The zero-order chi connectivity index (χ0) is 8.69. The second-order valence-corrected chi connectivity index (χ2v) is 2.74. The van der Waals surface area contributed by atoms with Crippen LogP contribution in [-0.4, -0.2) is 11.4 Å². The highest BCUT2D eigenvalue weighted by molar-refractivity contribution is 4.89. The van der Waals surface area contributed by atoms with Crippen LogP contribution in [0.25, 0.3) is 0 Å². The summed E-state index contributed by atoms with van der Waals surface area (Å²) in [5.74, 6) is 0.670. The van der Waals surface area contributed by atoms with Gasteiger partial charge in [0.15, 0.2) is 0 Å². The van der Waals surface area contributed by atoms with Crippen LogP contribution in [0, 0.1) is 5.92 Å². The van der Waals surface area contributed by atoms with Crippen molar-refractivity contribution in [1.82, 2.24) is 4.90 Å². The van der Waals surface area contributed by atoms with Gasteiger partial charge >= 0.3 is 0 Å². The fourth-order valence-electron chi connectivity index (χ4n) is 0.689. The summed E-state index contributed by atoms with van der Waals surface area (Å²) in [5.41, 5.74) is 0. The standard InChI is InChI=1S/C10H19N/c1-5-10(4)8-9-11(6-2)7-3/h6,8-10H,2,5,7H2,1,3-4H3/b9-8-. The average molecular weight is 153 g/mol. The van der Waals surface area contributed by atoms with Crippen LogP contribution in [0.3, 0.4) is 0 Å².